The van der Waals surface area contributed by atoms with Gasteiger partial charge in [-0.1, -0.05) is 47.0 Å². The zero-order valence-corrected chi connectivity index (χ0v) is 15.4. The molecule has 3 rings (SSSR count). The van der Waals surface area contributed by atoms with Crippen molar-refractivity contribution in [3.63, 3.8) is 0 Å². The Hall–Kier alpha value is -2.79. The normalized spacial score (nSPS) is 16.5. The number of rotatable bonds is 4. The van der Waals surface area contributed by atoms with Crippen LogP contribution in [-0.2, 0) is 14.3 Å². The smallest absolute Gasteiger partial charge is 0.355 e. The molecule has 0 saturated carbocycles. The number of anilines is 1. The first kappa shape index (κ1) is 18.0. The van der Waals surface area contributed by atoms with E-state index in [0.717, 1.165) is 22.4 Å². The van der Waals surface area contributed by atoms with Crippen molar-refractivity contribution in [2.75, 3.05) is 5.32 Å². The largest absolute Gasteiger partial charge is 0.415 e. The van der Waals surface area contributed by atoms with Gasteiger partial charge in [0.1, 0.15) is 5.70 Å². The quantitative estimate of drug-likeness (QED) is 0.815. The summed E-state index contributed by atoms with van der Waals surface area (Å²) in [5.41, 5.74) is 4.41. The van der Waals surface area contributed by atoms with Crippen molar-refractivity contribution in [1.29, 1.82) is 0 Å². The Bertz CT molecular complexity index is 903. The Kier molecular flexibility index (Phi) is 5.00. The summed E-state index contributed by atoms with van der Waals surface area (Å²) in [5, 5.41) is 2.92. The van der Waals surface area contributed by atoms with Crippen molar-refractivity contribution in [1.82, 2.24) is 0 Å². The van der Waals surface area contributed by atoms with Gasteiger partial charge in [-0.2, -0.15) is 0 Å². The monoisotopic (exact) mass is 371 g/mol. The van der Waals surface area contributed by atoms with Gasteiger partial charge in [0.05, 0.1) is 5.56 Å². The lowest BCUT2D eigenvalue weighted by molar-refractivity contribution is -0.152. The average Bonchev–Trinajstić information content (AvgIpc) is 2.85. The molecule has 134 valence electrons. The highest BCUT2D eigenvalue weighted by molar-refractivity contribution is 6.42. The van der Waals surface area contributed by atoms with Gasteiger partial charge in [0.2, 0.25) is 0 Å². The van der Waals surface area contributed by atoms with Crippen LogP contribution in [0.3, 0.4) is 0 Å². The zero-order chi connectivity index (χ0) is 18.8. The number of hydrogen-bond donors (Lipinski definition) is 1. The van der Waals surface area contributed by atoms with Crippen LogP contribution in [0, 0.1) is 20.8 Å². The molecule has 0 fully saturated rings. The Morgan fingerprint density at radius 3 is 2.38 bits per heavy atom. The predicted octanol–water partition coefficient (Wildman–Crippen LogP) is 4.21. The van der Waals surface area contributed by atoms with Crippen LogP contribution in [0.15, 0.2) is 53.2 Å². The van der Waals surface area contributed by atoms with E-state index in [2.05, 4.69) is 5.32 Å². The van der Waals surface area contributed by atoms with Gasteiger partial charge in [-0.05, 0) is 44.5 Å². The van der Waals surface area contributed by atoms with Gasteiger partial charge in [0, 0.05) is 5.69 Å². The molecule has 0 saturated heterocycles. The topological polar surface area (TPSA) is 64.6 Å². The van der Waals surface area contributed by atoms with Crippen LogP contribution in [0.25, 0.3) is 0 Å². The summed E-state index contributed by atoms with van der Waals surface area (Å²) in [6, 6.07) is 12.7. The molecule has 0 unspecified atom stereocenters. The predicted molar refractivity (Wildman–Crippen MR) is 98.9 cm³/mol. The average molecular weight is 372 g/mol. The van der Waals surface area contributed by atoms with Crippen LogP contribution in [0.2, 0.25) is 0 Å². The summed E-state index contributed by atoms with van der Waals surface area (Å²) in [5.74, 6) is -1.34. The first-order chi connectivity index (χ1) is 12.3. The molecule has 1 aliphatic heterocycles. The fourth-order valence-corrected chi connectivity index (χ4v) is 2.75. The van der Waals surface area contributed by atoms with Crippen molar-refractivity contribution in [2.24, 2.45) is 0 Å². The summed E-state index contributed by atoms with van der Waals surface area (Å²) in [4.78, 5) is 24.2. The number of ether oxygens (including phenoxy) is 2. The van der Waals surface area contributed by atoms with Crippen molar-refractivity contribution < 1.29 is 19.1 Å². The molecule has 1 aliphatic rings. The maximum atomic E-state index is 12.3. The molecule has 0 bridgehead atoms. The van der Waals surface area contributed by atoms with E-state index in [1.807, 2.05) is 39.0 Å². The second-order valence-corrected chi connectivity index (χ2v) is 6.56. The third-order valence-corrected chi connectivity index (χ3v) is 4.38. The van der Waals surface area contributed by atoms with E-state index in [9.17, 15) is 9.59 Å². The second-order valence-electron chi connectivity index (χ2n) is 6.18. The number of esters is 2. The van der Waals surface area contributed by atoms with Gasteiger partial charge >= 0.3 is 11.9 Å². The Labute approximate surface area is 156 Å². The fraction of sp³-hybridized carbons (Fsp3) is 0.200. The summed E-state index contributed by atoms with van der Waals surface area (Å²) in [7, 11) is 0. The minimum absolute atomic E-state index is 0.133. The lowest BCUT2D eigenvalue weighted by Gasteiger charge is -2.17. The number of carbonyl (C=O) groups excluding carboxylic acids is 2. The van der Waals surface area contributed by atoms with Crippen LogP contribution in [0.4, 0.5) is 5.69 Å². The maximum absolute atomic E-state index is 12.3. The summed E-state index contributed by atoms with van der Waals surface area (Å²) in [6.45, 7) is 5.83. The van der Waals surface area contributed by atoms with Crippen LogP contribution in [-0.4, -0.2) is 18.2 Å². The summed E-state index contributed by atoms with van der Waals surface area (Å²) >= 11 is 6.06. The standard InChI is InChI=1S/C20H18ClNO4/c1-11-4-7-14(8-5-11)18(23)25-20-17(16(21)19(24)26-20)22-15-9-6-12(2)10-13(15)3/h4-10,20,22H,1-3H3/t20-/m0/s1. The van der Waals surface area contributed by atoms with Gasteiger partial charge in [-0.15, -0.1) is 0 Å². The molecule has 26 heavy (non-hydrogen) atoms. The number of carbonyl (C=O) groups is 2. The van der Waals surface area contributed by atoms with Gasteiger partial charge < -0.3 is 14.8 Å². The fourth-order valence-electron chi connectivity index (χ4n) is 2.57. The molecule has 0 spiro atoms. The lowest BCUT2D eigenvalue weighted by atomic mass is 10.1. The Morgan fingerprint density at radius 1 is 1.08 bits per heavy atom. The third-order valence-electron chi connectivity index (χ3n) is 4.02. The molecule has 0 amide bonds. The molecule has 1 atom stereocenters. The van der Waals surface area contributed by atoms with E-state index in [1.165, 1.54) is 0 Å². The highest BCUT2D eigenvalue weighted by atomic mass is 35.5. The van der Waals surface area contributed by atoms with Crippen LogP contribution >= 0.6 is 11.6 Å². The molecule has 0 radical (unpaired) electrons. The van der Waals surface area contributed by atoms with Gasteiger partial charge in [0.25, 0.3) is 6.29 Å². The van der Waals surface area contributed by atoms with Crippen molar-refractivity contribution in [3.05, 3.63) is 75.4 Å². The number of hydrogen-bond acceptors (Lipinski definition) is 5. The van der Waals surface area contributed by atoms with E-state index >= 15 is 0 Å². The van der Waals surface area contributed by atoms with Gasteiger partial charge in [-0.25, -0.2) is 9.59 Å². The molecular formula is C20H18ClNO4. The van der Waals surface area contributed by atoms with Crippen molar-refractivity contribution in [2.45, 2.75) is 27.1 Å². The zero-order valence-electron chi connectivity index (χ0n) is 14.6. The minimum Gasteiger partial charge on any atom is -0.415 e. The van der Waals surface area contributed by atoms with E-state index in [1.54, 1.807) is 24.3 Å². The highest BCUT2D eigenvalue weighted by Gasteiger charge is 2.36. The van der Waals surface area contributed by atoms with Gasteiger partial charge in [-0.3, -0.25) is 0 Å². The molecular weight excluding hydrogens is 354 g/mol. The molecule has 0 aliphatic carbocycles. The number of benzene rings is 2. The van der Waals surface area contributed by atoms with E-state index in [-0.39, 0.29) is 10.7 Å². The van der Waals surface area contributed by atoms with Crippen LogP contribution in [0.5, 0.6) is 0 Å². The van der Waals surface area contributed by atoms with E-state index < -0.39 is 18.2 Å². The summed E-state index contributed by atoms with van der Waals surface area (Å²) in [6.07, 6.45) is -1.22. The Morgan fingerprint density at radius 2 is 1.73 bits per heavy atom. The van der Waals surface area contributed by atoms with Crippen LogP contribution in [0.1, 0.15) is 27.0 Å². The molecule has 6 heteroatoms. The molecule has 2 aromatic carbocycles. The molecule has 1 heterocycles. The highest BCUT2D eigenvalue weighted by Crippen LogP contribution is 2.30. The third kappa shape index (κ3) is 3.73. The van der Waals surface area contributed by atoms with E-state index in [4.69, 9.17) is 21.1 Å². The first-order valence-electron chi connectivity index (χ1n) is 8.07. The Balaban J connectivity index is 1.81. The lowest BCUT2D eigenvalue weighted by Crippen LogP contribution is -2.24. The molecule has 0 aromatic heterocycles. The maximum Gasteiger partial charge on any atom is 0.355 e. The number of halogens is 1. The minimum atomic E-state index is -1.22. The second kappa shape index (κ2) is 7.22. The molecule has 1 N–H and O–H groups in total. The SMILES string of the molecule is Cc1ccc(C(=O)O[C@H]2OC(=O)C(Cl)=C2Nc2ccc(C)cc2C)cc1. The number of nitrogens with one attached hydrogen (secondary N) is 1. The van der Waals surface area contributed by atoms with E-state index in [0.29, 0.717) is 5.56 Å². The number of aryl methyl sites for hydroxylation is 3. The number of cyclic esters (lactones) is 1. The van der Waals surface area contributed by atoms with Crippen molar-refractivity contribution >= 4 is 29.2 Å². The van der Waals surface area contributed by atoms with Crippen molar-refractivity contribution in [3.8, 4) is 0 Å². The summed E-state index contributed by atoms with van der Waals surface area (Å²) < 4.78 is 10.4. The van der Waals surface area contributed by atoms with Crippen LogP contribution < -0.4 is 5.32 Å². The molecule has 2 aromatic rings. The first-order valence-corrected chi connectivity index (χ1v) is 8.45. The van der Waals surface area contributed by atoms with Gasteiger partial charge in [0.15, 0.2) is 5.03 Å². The molecule has 5 nitrogen and oxygen atoms in total.